The SMILES string of the molecule is Cc1ccc2c(c1)CC(CCCC(Cl)C(C)(C)C)O2. The molecule has 2 unspecified atom stereocenters. The van der Waals surface area contributed by atoms with Crippen LogP contribution in [-0.2, 0) is 6.42 Å². The van der Waals surface area contributed by atoms with E-state index in [2.05, 4.69) is 45.9 Å². The van der Waals surface area contributed by atoms with Gasteiger partial charge in [0.1, 0.15) is 11.9 Å². The van der Waals surface area contributed by atoms with Crippen LogP contribution < -0.4 is 4.74 Å². The van der Waals surface area contributed by atoms with Gasteiger partial charge in [-0.25, -0.2) is 0 Å². The van der Waals surface area contributed by atoms with Gasteiger partial charge in [0.2, 0.25) is 0 Å². The highest BCUT2D eigenvalue weighted by Crippen LogP contribution is 2.33. The van der Waals surface area contributed by atoms with Gasteiger partial charge in [-0.15, -0.1) is 11.6 Å². The molecule has 1 aromatic carbocycles. The number of aryl methyl sites for hydroxylation is 1. The predicted molar refractivity (Wildman–Crippen MR) is 82.2 cm³/mol. The van der Waals surface area contributed by atoms with Gasteiger partial charge < -0.3 is 4.74 Å². The minimum atomic E-state index is 0.193. The normalized spacial score (nSPS) is 19.9. The van der Waals surface area contributed by atoms with E-state index in [9.17, 15) is 0 Å². The molecule has 0 aromatic heterocycles. The Morgan fingerprint density at radius 1 is 1.37 bits per heavy atom. The molecule has 0 bridgehead atoms. The summed E-state index contributed by atoms with van der Waals surface area (Å²) < 4.78 is 5.99. The average Bonchev–Trinajstić information content (AvgIpc) is 2.69. The first kappa shape index (κ1) is 14.7. The molecule has 1 aliphatic rings. The van der Waals surface area contributed by atoms with Crippen LogP contribution >= 0.6 is 11.6 Å². The zero-order valence-electron chi connectivity index (χ0n) is 12.5. The number of hydrogen-bond donors (Lipinski definition) is 0. The molecule has 1 nitrogen and oxygen atoms in total. The summed E-state index contributed by atoms with van der Waals surface area (Å²) in [6.45, 7) is 8.75. The fourth-order valence-corrected chi connectivity index (χ4v) is 2.72. The summed E-state index contributed by atoms with van der Waals surface area (Å²) in [6, 6.07) is 6.47. The summed E-state index contributed by atoms with van der Waals surface area (Å²) in [5.74, 6) is 1.08. The van der Waals surface area contributed by atoms with Crippen molar-refractivity contribution in [2.24, 2.45) is 5.41 Å². The summed E-state index contributed by atoms with van der Waals surface area (Å²) in [4.78, 5) is 0. The van der Waals surface area contributed by atoms with Crippen LogP contribution in [0.15, 0.2) is 18.2 Å². The van der Waals surface area contributed by atoms with Gasteiger partial charge in [-0.3, -0.25) is 0 Å². The number of alkyl halides is 1. The topological polar surface area (TPSA) is 9.23 Å². The van der Waals surface area contributed by atoms with E-state index in [1.54, 1.807) is 0 Å². The molecule has 106 valence electrons. The van der Waals surface area contributed by atoms with Crippen LogP contribution in [0.3, 0.4) is 0 Å². The van der Waals surface area contributed by atoms with Gasteiger partial charge in [0.15, 0.2) is 0 Å². The molecule has 0 fully saturated rings. The first-order chi connectivity index (χ1) is 8.86. The summed E-state index contributed by atoms with van der Waals surface area (Å²) in [6.07, 6.45) is 4.72. The summed E-state index contributed by atoms with van der Waals surface area (Å²) in [5.41, 5.74) is 2.87. The van der Waals surface area contributed by atoms with Crippen molar-refractivity contribution in [1.29, 1.82) is 0 Å². The number of rotatable bonds is 4. The van der Waals surface area contributed by atoms with Crippen LogP contribution in [0.5, 0.6) is 5.75 Å². The lowest BCUT2D eigenvalue weighted by Gasteiger charge is -2.25. The Labute approximate surface area is 122 Å². The summed E-state index contributed by atoms with van der Waals surface area (Å²) in [7, 11) is 0. The lowest BCUT2D eigenvalue weighted by Crippen LogP contribution is -2.21. The van der Waals surface area contributed by atoms with Crippen molar-refractivity contribution in [3.05, 3.63) is 29.3 Å². The van der Waals surface area contributed by atoms with Crippen LogP contribution in [0.4, 0.5) is 0 Å². The second-order valence-corrected chi connectivity index (χ2v) is 7.35. The Bertz CT molecular complexity index is 433. The van der Waals surface area contributed by atoms with Crippen molar-refractivity contribution in [2.75, 3.05) is 0 Å². The van der Waals surface area contributed by atoms with E-state index in [1.165, 1.54) is 11.1 Å². The van der Waals surface area contributed by atoms with Gasteiger partial charge in [0, 0.05) is 11.8 Å². The molecule has 0 aliphatic carbocycles. The molecule has 1 heterocycles. The van der Waals surface area contributed by atoms with Crippen molar-refractivity contribution >= 4 is 11.6 Å². The van der Waals surface area contributed by atoms with Gasteiger partial charge in [-0.2, -0.15) is 0 Å². The molecule has 0 radical (unpaired) electrons. The Balaban J connectivity index is 1.78. The van der Waals surface area contributed by atoms with E-state index in [0.29, 0.717) is 6.10 Å². The third-order valence-corrected chi connectivity index (χ3v) is 4.75. The standard InChI is InChI=1S/C17H25ClO/c1-12-8-9-15-13(10-12)11-14(19-15)6-5-7-16(18)17(2,3)4/h8-10,14,16H,5-7,11H2,1-4H3. The van der Waals surface area contributed by atoms with Crippen molar-refractivity contribution in [1.82, 2.24) is 0 Å². The molecule has 19 heavy (non-hydrogen) atoms. The molecule has 1 aliphatic heterocycles. The van der Waals surface area contributed by atoms with E-state index >= 15 is 0 Å². The zero-order valence-corrected chi connectivity index (χ0v) is 13.3. The van der Waals surface area contributed by atoms with Gasteiger partial charge >= 0.3 is 0 Å². The maximum atomic E-state index is 6.41. The maximum absolute atomic E-state index is 6.41. The highest BCUT2D eigenvalue weighted by atomic mass is 35.5. The minimum Gasteiger partial charge on any atom is -0.490 e. The average molecular weight is 281 g/mol. The van der Waals surface area contributed by atoms with E-state index in [0.717, 1.165) is 31.4 Å². The Morgan fingerprint density at radius 3 is 2.79 bits per heavy atom. The lowest BCUT2D eigenvalue weighted by atomic mass is 9.88. The molecule has 0 saturated heterocycles. The van der Waals surface area contributed by atoms with Gasteiger partial charge in [-0.05, 0) is 43.2 Å². The lowest BCUT2D eigenvalue weighted by molar-refractivity contribution is 0.213. The first-order valence-electron chi connectivity index (χ1n) is 7.26. The van der Waals surface area contributed by atoms with Crippen LogP contribution in [0.25, 0.3) is 0 Å². The quantitative estimate of drug-likeness (QED) is 0.696. The van der Waals surface area contributed by atoms with Gasteiger partial charge in [-0.1, -0.05) is 38.5 Å². The Morgan fingerprint density at radius 2 is 2.11 bits per heavy atom. The van der Waals surface area contributed by atoms with E-state index in [-0.39, 0.29) is 10.8 Å². The largest absolute Gasteiger partial charge is 0.490 e. The number of halogens is 1. The minimum absolute atomic E-state index is 0.193. The molecule has 0 saturated carbocycles. The molecular formula is C17H25ClO. The molecule has 0 spiro atoms. The van der Waals surface area contributed by atoms with Crippen molar-refractivity contribution in [3.8, 4) is 5.75 Å². The second-order valence-electron chi connectivity index (χ2n) is 6.82. The maximum Gasteiger partial charge on any atom is 0.123 e. The van der Waals surface area contributed by atoms with E-state index in [1.807, 2.05) is 0 Å². The Hall–Kier alpha value is -0.690. The molecular weight excluding hydrogens is 256 g/mol. The van der Waals surface area contributed by atoms with Crippen molar-refractivity contribution < 1.29 is 4.74 Å². The number of hydrogen-bond acceptors (Lipinski definition) is 1. The molecule has 2 heteroatoms. The van der Waals surface area contributed by atoms with Crippen LogP contribution in [0, 0.1) is 12.3 Å². The molecule has 2 atom stereocenters. The fourth-order valence-electron chi connectivity index (χ4n) is 2.57. The fraction of sp³-hybridized carbons (Fsp3) is 0.647. The van der Waals surface area contributed by atoms with Gasteiger partial charge in [0.05, 0.1) is 0 Å². The second kappa shape index (κ2) is 5.75. The van der Waals surface area contributed by atoms with E-state index in [4.69, 9.17) is 16.3 Å². The van der Waals surface area contributed by atoms with Gasteiger partial charge in [0.25, 0.3) is 0 Å². The van der Waals surface area contributed by atoms with Crippen molar-refractivity contribution in [3.63, 3.8) is 0 Å². The third-order valence-electron chi connectivity index (χ3n) is 3.88. The summed E-state index contributed by atoms with van der Waals surface area (Å²) >= 11 is 6.41. The highest BCUT2D eigenvalue weighted by molar-refractivity contribution is 6.21. The van der Waals surface area contributed by atoms with E-state index < -0.39 is 0 Å². The number of fused-ring (bicyclic) bond motifs is 1. The van der Waals surface area contributed by atoms with Crippen LogP contribution in [0.2, 0.25) is 0 Å². The smallest absolute Gasteiger partial charge is 0.123 e. The molecule has 1 aromatic rings. The number of benzene rings is 1. The van der Waals surface area contributed by atoms with Crippen LogP contribution in [0.1, 0.15) is 51.2 Å². The highest BCUT2D eigenvalue weighted by Gasteiger charge is 2.25. The molecule has 0 amide bonds. The van der Waals surface area contributed by atoms with Crippen LogP contribution in [-0.4, -0.2) is 11.5 Å². The molecule has 2 rings (SSSR count). The third kappa shape index (κ3) is 3.89. The molecule has 0 N–H and O–H groups in total. The summed E-state index contributed by atoms with van der Waals surface area (Å²) in [5, 5.41) is 0.249. The Kier molecular flexibility index (Phi) is 4.45. The predicted octanol–water partition coefficient (Wildman–Crippen LogP) is 5.12. The van der Waals surface area contributed by atoms with Crippen molar-refractivity contribution in [2.45, 2.75) is 64.9 Å². The number of ether oxygens (including phenoxy) is 1. The monoisotopic (exact) mass is 280 g/mol. The first-order valence-corrected chi connectivity index (χ1v) is 7.70. The zero-order chi connectivity index (χ0) is 14.0.